The van der Waals surface area contributed by atoms with E-state index in [1.165, 1.54) is 30.5 Å². The minimum absolute atomic E-state index is 0.176. The molecule has 0 aliphatic carbocycles. The lowest BCUT2D eigenvalue weighted by atomic mass is 10.2. The summed E-state index contributed by atoms with van der Waals surface area (Å²) in [6.07, 6.45) is 3.85. The number of nitriles is 1. The number of carbonyl (C=O) groups excluding carboxylic acids is 2. The predicted octanol–water partition coefficient (Wildman–Crippen LogP) is 0.976. The van der Waals surface area contributed by atoms with E-state index in [0.29, 0.717) is 0 Å². The van der Waals surface area contributed by atoms with Gasteiger partial charge in [0.2, 0.25) is 0 Å². The first-order valence-corrected chi connectivity index (χ1v) is 4.45. The molecule has 1 aliphatic rings. The molecular weight excluding hydrogens is 208 g/mol. The molecule has 0 saturated carbocycles. The number of hydrogen-bond donors (Lipinski definition) is 0. The van der Waals surface area contributed by atoms with Crippen molar-refractivity contribution in [1.82, 2.24) is 0 Å². The Balaban J connectivity index is 2.45. The number of rotatable bonds is 2. The predicted molar refractivity (Wildman–Crippen MR) is 54.3 cm³/mol. The van der Waals surface area contributed by atoms with Crippen molar-refractivity contribution in [2.45, 2.75) is 0 Å². The highest BCUT2D eigenvalue weighted by Crippen LogP contribution is 2.29. The van der Waals surface area contributed by atoms with E-state index in [1.807, 2.05) is 0 Å². The quantitative estimate of drug-likeness (QED) is 0.543. The molecule has 0 fully saturated rings. The second-order valence-corrected chi connectivity index (χ2v) is 3.01. The van der Waals surface area contributed by atoms with Gasteiger partial charge in [-0.25, -0.2) is 4.90 Å². The lowest BCUT2D eigenvalue weighted by Crippen LogP contribution is -2.29. The molecular formula is C11H6N2O3. The Morgan fingerprint density at radius 2 is 1.75 bits per heavy atom. The fourth-order valence-electron chi connectivity index (χ4n) is 1.42. The summed E-state index contributed by atoms with van der Waals surface area (Å²) in [5.41, 5.74) is 0.268. The normalized spacial score (nSPS) is 14.1. The van der Waals surface area contributed by atoms with Gasteiger partial charge in [-0.1, -0.05) is 12.1 Å². The zero-order valence-electron chi connectivity index (χ0n) is 8.08. The molecule has 2 amide bonds. The second-order valence-electron chi connectivity index (χ2n) is 3.01. The van der Waals surface area contributed by atoms with E-state index in [0.717, 1.165) is 4.90 Å². The SMILES string of the molecule is N#COc1ccccc1N1C(=O)C=CC1=O. The lowest BCUT2D eigenvalue weighted by molar-refractivity contribution is -0.120. The highest BCUT2D eigenvalue weighted by molar-refractivity contribution is 6.28. The van der Waals surface area contributed by atoms with Crippen molar-refractivity contribution in [2.24, 2.45) is 0 Å². The molecule has 0 N–H and O–H groups in total. The van der Waals surface area contributed by atoms with Crippen molar-refractivity contribution in [1.29, 1.82) is 5.26 Å². The molecule has 0 radical (unpaired) electrons. The van der Waals surface area contributed by atoms with Gasteiger partial charge in [0.15, 0.2) is 5.75 Å². The summed E-state index contributed by atoms with van der Waals surface area (Å²) in [5.74, 6) is -0.714. The maximum atomic E-state index is 11.4. The van der Waals surface area contributed by atoms with Crippen molar-refractivity contribution in [3.8, 4) is 12.0 Å². The van der Waals surface area contributed by atoms with E-state index in [4.69, 9.17) is 5.26 Å². The van der Waals surface area contributed by atoms with E-state index < -0.39 is 11.8 Å². The third-order valence-corrected chi connectivity index (χ3v) is 2.07. The van der Waals surface area contributed by atoms with Crippen LogP contribution in [0.5, 0.6) is 5.75 Å². The summed E-state index contributed by atoms with van der Waals surface area (Å²) in [6.45, 7) is 0. The average Bonchev–Trinajstić information content (AvgIpc) is 2.60. The van der Waals surface area contributed by atoms with Gasteiger partial charge in [-0.2, -0.15) is 0 Å². The molecule has 0 unspecified atom stereocenters. The first-order valence-electron chi connectivity index (χ1n) is 4.45. The van der Waals surface area contributed by atoms with Gasteiger partial charge in [0.05, 0.1) is 5.69 Å². The Labute approximate surface area is 91.1 Å². The molecule has 0 aromatic heterocycles. The van der Waals surface area contributed by atoms with Crippen LogP contribution in [0.1, 0.15) is 0 Å². The van der Waals surface area contributed by atoms with Crippen LogP contribution in [0.15, 0.2) is 36.4 Å². The van der Waals surface area contributed by atoms with Crippen LogP contribution in [-0.4, -0.2) is 11.8 Å². The molecule has 0 atom stereocenters. The molecule has 16 heavy (non-hydrogen) atoms. The summed E-state index contributed by atoms with van der Waals surface area (Å²) in [7, 11) is 0. The second kappa shape index (κ2) is 3.87. The summed E-state index contributed by atoms with van der Waals surface area (Å²) in [5, 5.41) is 8.44. The van der Waals surface area contributed by atoms with E-state index in [1.54, 1.807) is 12.1 Å². The highest BCUT2D eigenvalue weighted by atomic mass is 16.5. The summed E-state index contributed by atoms with van der Waals surface area (Å²) in [4.78, 5) is 23.8. The van der Waals surface area contributed by atoms with Crippen LogP contribution in [0.4, 0.5) is 5.69 Å². The third-order valence-electron chi connectivity index (χ3n) is 2.07. The standard InChI is InChI=1S/C11H6N2O3/c12-7-16-9-4-2-1-3-8(9)13-10(14)5-6-11(13)15/h1-6H. The molecule has 0 bridgehead atoms. The number of amides is 2. The number of benzene rings is 1. The van der Waals surface area contributed by atoms with Gasteiger partial charge in [-0.3, -0.25) is 9.59 Å². The molecule has 1 aliphatic heterocycles. The fraction of sp³-hybridized carbons (Fsp3) is 0. The Morgan fingerprint density at radius 3 is 2.38 bits per heavy atom. The van der Waals surface area contributed by atoms with Crippen LogP contribution in [0.25, 0.3) is 0 Å². The van der Waals surface area contributed by atoms with Gasteiger partial charge in [0.25, 0.3) is 18.1 Å². The first-order chi connectivity index (χ1) is 7.74. The van der Waals surface area contributed by atoms with Gasteiger partial charge in [-0.15, -0.1) is 5.26 Å². The largest absolute Gasteiger partial charge is 0.386 e. The maximum absolute atomic E-state index is 11.4. The van der Waals surface area contributed by atoms with Crippen LogP contribution >= 0.6 is 0 Å². The van der Waals surface area contributed by atoms with Crippen molar-refractivity contribution < 1.29 is 14.3 Å². The Kier molecular flexibility index (Phi) is 2.40. The topological polar surface area (TPSA) is 70.4 Å². The monoisotopic (exact) mass is 214 g/mol. The number of anilines is 1. The van der Waals surface area contributed by atoms with Crippen molar-refractivity contribution in [3.05, 3.63) is 36.4 Å². The summed E-state index contributed by atoms with van der Waals surface area (Å²) >= 11 is 0. The van der Waals surface area contributed by atoms with Crippen molar-refractivity contribution >= 4 is 17.5 Å². The molecule has 5 nitrogen and oxygen atoms in total. The van der Waals surface area contributed by atoms with Crippen LogP contribution < -0.4 is 9.64 Å². The highest BCUT2D eigenvalue weighted by Gasteiger charge is 2.27. The van der Waals surface area contributed by atoms with Crippen LogP contribution in [0.3, 0.4) is 0 Å². The van der Waals surface area contributed by atoms with Gasteiger partial charge < -0.3 is 4.74 Å². The van der Waals surface area contributed by atoms with Crippen molar-refractivity contribution in [3.63, 3.8) is 0 Å². The molecule has 1 aromatic carbocycles. The summed E-state index contributed by atoms with van der Waals surface area (Å²) in [6, 6.07) is 6.35. The molecule has 2 rings (SSSR count). The zero-order chi connectivity index (χ0) is 11.5. The molecule has 1 aromatic rings. The van der Waals surface area contributed by atoms with Crippen LogP contribution in [-0.2, 0) is 9.59 Å². The number of para-hydroxylation sites is 2. The molecule has 5 heteroatoms. The minimum Gasteiger partial charge on any atom is -0.386 e. The molecule has 0 spiro atoms. The van der Waals surface area contributed by atoms with Crippen LogP contribution in [0.2, 0.25) is 0 Å². The Morgan fingerprint density at radius 1 is 1.12 bits per heavy atom. The zero-order valence-corrected chi connectivity index (χ0v) is 8.08. The number of imide groups is 1. The fourth-order valence-corrected chi connectivity index (χ4v) is 1.42. The number of hydrogen-bond acceptors (Lipinski definition) is 4. The van der Waals surface area contributed by atoms with Gasteiger partial charge in [0, 0.05) is 12.2 Å². The number of nitrogens with zero attached hydrogens (tertiary/aromatic N) is 2. The number of carbonyl (C=O) groups is 2. The first kappa shape index (κ1) is 9.93. The van der Waals surface area contributed by atoms with Crippen molar-refractivity contribution in [2.75, 3.05) is 4.90 Å². The van der Waals surface area contributed by atoms with E-state index in [9.17, 15) is 9.59 Å². The molecule has 78 valence electrons. The molecule has 0 saturated heterocycles. The Bertz CT molecular complexity index is 510. The lowest BCUT2D eigenvalue weighted by Gasteiger charge is -2.15. The van der Waals surface area contributed by atoms with E-state index >= 15 is 0 Å². The third kappa shape index (κ3) is 1.53. The summed E-state index contributed by atoms with van der Waals surface area (Å²) < 4.78 is 4.68. The Hall–Kier alpha value is -2.61. The van der Waals surface area contributed by atoms with Crippen LogP contribution in [0, 0.1) is 11.5 Å². The van der Waals surface area contributed by atoms with E-state index in [-0.39, 0.29) is 11.4 Å². The van der Waals surface area contributed by atoms with Gasteiger partial charge >= 0.3 is 0 Å². The minimum atomic E-state index is -0.445. The maximum Gasteiger partial charge on any atom is 0.292 e. The molecule has 1 heterocycles. The van der Waals surface area contributed by atoms with E-state index in [2.05, 4.69) is 4.74 Å². The van der Waals surface area contributed by atoms with Gasteiger partial charge in [-0.05, 0) is 12.1 Å². The number of ether oxygens (including phenoxy) is 1. The smallest absolute Gasteiger partial charge is 0.292 e. The average molecular weight is 214 g/mol. The van der Waals surface area contributed by atoms with Gasteiger partial charge in [0.1, 0.15) is 0 Å².